The molecule has 0 amide bonds. The lowest BCUT2D eigenvalue weighted by Crippen LogP contribution is -2.10. The van der Waals surface area contributed by atoms with Gasteiger partial charge in [0.2, 0.25) is 0 Å². The molecule has 0 spiro atoms. The Balaban J connectivity index is 2.11. The number of esters is 1. The number of allylic oxidation sites excluding steroid dienone is 4. The number of carbonyl (C=O) groups excluding carboxylic acids is 2. The van der Waals surface area contributed by atoms with Gasteiger partial charge in [0, 0.05) is 16.5 Å². The Labute approximate surface area is 132 Å². The van der Waals surface area contributed by atoms with Gasteiger partial charge in [0.25, 0.3) is 0 Å². The van der Waals surface area contributed by atoms with Gasteiger partial charge < -0.3 is 4.74 Å². The van der Waals surface area contributed by atoms with Gasteiger partial charge in [-0.15, -0.1) is 0 Å². The molecule has 0 atom stereocenters. The van der Waals surface area contributed by atoms with E-state index in [0.29, 0.717) is 12.2 Å². The van der Waals surface area contributed by atoms with Crippen molar-refractivity contribution in [1.82, 2.24) is 0 Å². The molecular weight excluding hydrogens is 332 g/mol. The summed E-state index contributed by atoms with van der Waals surface area (Å²) in [5, 5.41) is 0. The third-order valence-corrected chi connectivity index (χ3v) is 3.95. The fourth-order valence-electron chi connectivity index (χ4n) is 2.20. The van der Waals surface area contributed by atoms with Crippen molar-refractivity contribution < 1.29 is 14.3 Å². The van der Waals surface area contributed by atoms with E-state index in [-0.39, 0.29) is 18.2 Å². The number of hydrogen-bond donors (Lipinski definition) is 0. The van der Waals surface area contributed by atoms with Gasteiger partial charge in [-0.25, -0.2) is 4.79 Å². The topological polar surface area (TPSA) is 43.4 Å². The summed E-state index contributed by atoms with van der Waals surface area (Å²) in [6.45, 7) is 2.11. The van der Waals surface area contributed by atoms with Gasteiger partial charge in [0.1, 0.15) is 0 Å². The van der Waals surface area contributed by atoms with E-state index in [1.54, 1.807) is 25.1 Å². The molecule has 110 valence electrons. The second-order valence-electron chi connectivity index (χ2n) is 4.77. The van der Waals surface area contributed by atoms with E-state index in [1.165, 1.54) is 0 Å². The summed E-state index contributed by atoms with van der Waals surface area (Å²) < 4.78 is 5.83. The van der Waals surface area contributed by atoms with Crippen LogP contribution in [-0.2, 0) is 16.0 Å². The Morgan fingerprint density at radius 2 is 2.00 bits per heavy atom. The zero-order chi connectivity index (χ0) is 15.2. The van der Waals surface area contributed by atoms with Gasteiger partial charge in [-0.2, -0.15) is 0 Å². The van der Waals surface area contributed by atoms with Crippen LogP contribution in [0.3, 0.4) is 0 Å². The maximum atomic E-state index is 12.3. The molecular formula is C17H17BrO3. The summed E-state index contributed by atoms with van der Waals surface area (Å²) >= 11 is 3.42. The fraction of sp³-hybridized carbons (Fsp3) is 0.294. The molecule has 0 unspecified atom stereocenters. The van der Waals surface area contributed by atoms with Crippen molar-refractivity contribution >= 4 is 27.7 Å². The third kappa shape index (κ3) is 4.14. The molecule has 0 radical (unpaired) electrons. The lowest BCUT2D eigenvalue weighted by molar-refractivity contribution is -0.114. The Morgan fingerprint density at radius 3 is 2.71 bits per heavy atom. The van der Waals surface area contributed by atoms with E-state index in [4.69, 9.17) is 4.74 Å². The predicted molar refractivity (Wildman–Crippen MR) is 85.4 cm³/mol. The van der Waals surface area contributed by atoms with Crippen molar-refractivity contribution in [1.29, 1.82) is 0 Å². The van der Waals surface area contributed by atoms with Gasteiger partial charge >= 0.3 is 5.97 Å². The third-order valence-electron chi connectivity index (χ3n) is 3.20. The first-order valence-electron chi connectivity index (χ1n) is 6.97. The molecule has 0 N–H and O–H groups in total. The van der Waals surface area contributed by atoms with Gasteiger partial charge in [-0.05, 0) is 37.5 Å². The number of Topliss-reactive ketones (excluding diaryl/α,β-unsaturated/α-hetero) is 1. The molecule has 1 aliphatic carbocycles. The number of ether oxygens (including phenoxy) is 1. The van der Waals surface area contributed by atoms with Crippen molar-refractivity contribution in [2.24, 2.45) is 0 Å². The van der Waals surface area contributed by atoms with Crippen LogP contribution < -0.4 is 0 Å². The fourth-order valence-corrected chi connectivity index (χ4v) is 2.81. The Hall–Kier alpha value is -1.68. The average molecular weight is 349 g/mol. The molecule has 0 fully saturated rings. The lowest BCUT2D eigenvalue weighted by Gasteiger charge is -2.11. The van der Waals surface area contributed by atoms with E-state index in [1.807, 2.05) is 18.2 Å². The zero-order valence-corrected chi connectivity index (χ0v) is 13.5. The van der Waals surface area contributed by atoms with Crippen molar-refractivity contribution in [3.63, 3.8) is 0 Å². The van der Waals surface area contributed by atoms with Crippen LogP contribution in [0.1, 0.15) is 35.7 Å². The highest BCUT2D eigenvalue weighted by Crippen LogP contribution is 2.25. The van der Waals surface area contributed by atoms with E-state index in [2.05, 4.69) is 15.9 Å². The van der Waals surface area contributed by atoms with E-state index in [0.717, 1.165) is 28.5 Å². The first-order chi connectivity index (χ1) is 10.1. The van der Waals surface area contributed by atoms with E-state index < -0.39 is 0 Å². The minimum atomic E-state index is -0.357. The molecule has 1 aliphatic rings. The molecule has 1 aromatic rings. The number of ketones is 1. The molecule has 0 aliphatic heterocycles. The molecule has 0 heterocycles. The molecule has 0 saturated heterocycles. The lowest BCUT2D eigenvalue weighted by atomic mass is 9.97. The molecule has 2 rings (SSSR count). The second kappa shape index (κ2) is 7.36. The Bertz CT molecular complexity index is 614. The standard InChI is InChI=1S/C17H17BrO3/c1-2-21-17(20)13-7-5-6-12(10-13)11-16(19)14-8-3-4-9-15(14)18/h5-10H,2-4,11H2,1H3. The Kier molecular flexibility index (Phi) is 5.51. The highest BCUT2D eigenvalue weighted by Gasteiger charge is 2.16. The Morgan fingerprint density at radius 1 is 1.24 bits per heavy atom. The smallest absolute Gasteiger partial charge is 0.338 e. The van der Waals surface area contributed by atoms with Gasteiger partial charge in [-0.3, -0.25) is 4.79 Å². The van der Waals surface area contributed by atoms with E-state index >= 15 is 0 Å². The summed E-state index contributed by atoms with van der Waals surface area (Å²) in [4.78, 5) is 24.0. The first kappa shape index (κ1) is 15.7. The maximum Gasteiger partial charge on any atom is 0.338 e. The summed E-state index contributed by atoms with van der Waals surface area (Å²) in [5.41, 5.74) is 2.02. The van der Waals surface area contributed by atoms with Crippen LogP contribution in [0.15, 0.2) is 46.5 Å². The zero-order valence-electron chi connectivity index (χ0n) is 11.9. The number of halogens is 1. The SMILES string of the molecule is CCOC(=O)c1cccc(CC(=O)C2=CCCC=C2Br)c1. The van der Waals surface area contributed by atoms with Gasteiger partial charge in [0.05, 0.1) is 12.2 Å². The number of carbonyl (C=O) groups is 2. The monoisotopic (exact) mass is 348 g/mol. The van der Waals surface area contributed by atoms with Gasteiger partial charge in [0.15, 0.2) is 5.78 Å². The normalized spacial score (nSPS) is 14.2. The van der Waals surface area contributed by atoms with Crippen LogP contribution in [0, 0.1) is 0 Å². The van der Waals surface area contributed by atoms with Gasteiger partial charge in [-0.1, -0.05) is 40.2 Å². The second-order valence-corrected chi connectivity index (χ2v) is 5.62. The summed E-state index contributed by atoms with van der Waals surface area (Å²) in [6.07, 6.45) is 6.10. The molecule has 4 heteroatoms. The maximum absolute atomic E-state index is 12.3. The molecule has 21 heavy (non-hydrogen) atoms. The van der Waals surface area contributed by atoms with Crippen LogP contribution in [-0.4, -0.2) is 18.4 Å². The van der Waals surface area contributed by atoms with Crippen molar-refractivity contribution in [3.8, 4) is 0 Å². The molecule has 0 saturated carbocycles. The van der Waals surface area contributed by atoms with E-state index in [9.17, 15) is 9.59 Å². The van der Waals surface area contributed by atoms with Crippen molar-refractivity contribution in [2.75, 3.05) is 6.61 Å². The summed E-state index contributed by atoms with van der Waals surface area (Å²) in [6, 6.07) is 7.04. The largest absolute Gasteiger partial charge is 0.462 e. The first-order valence-corrected chi connectivity index (χ1v) is 7.76. The van der Waals surface area contributed by atoms with Crippen LogP contribution in [0.2, 0.25) is 0 Å². The summed E-state index contributed by atoms with van der Waals surface area (Å²) in [7, 11) is 0. The van der Waals surface area contributed by atoms with Crippen LogP contribution in [0.5, 0.6) is 0 Å². The van der Waals surface area contributed by atoms with Crippen LogP contribution in [0.4, 0.5) is 0 Å². The minimum absolute atomic E-state index is 0.0545. The van der Waals surface area contributed by atoms with Crippen molar-refractivity contribution in [2.45, 2.75) is 26.2 Å². The minimum Gasteiger partial charge on any atom is -0.462 e. The highest BCUT2D eigenvalue weighted by molar-refractivity contribution is 9.12. The van der Waals surface area contributed by atoms with Crippen LogP contribution >= 0.6 is 15.9 Å². The highest BCUT2D eigenvalue weighted by atomic mass is 79.9. The average Bonchev–Trinajstić information content (AvgIpc) is 2.48. The van der Waals surface area contributed by atoms with Crippen molar-refractivity contribution in [3.05, 3.63) is 57.6 Å². The molecule has 0 bridgehead atoms. The molecule has 3 nitrogen and oxygen atoms in total. The molecule has 0 aromatic heterocycles. The predicted octanol–water partition coefficient (Wildman–Crippen LogP) is 3.97. The summed E-state index contributed by atoms with van der Waals surface area (Å²) in [5.74, 6) is -0.302. The number of hydrogen-bond acceptors (Lipinski definition) is 3. The number of rotatable bonds is 5. The number of benzene rings is 1. The quantitative estimate of drug-likeness (QED) is 0.756. The van der Waals surface area contributed by atoms with Crippen LogP contribution in [0.25, 0.3) is 0 Å². The molecule has 1 aromatic carbocycles.